The molecule has 2 rings (SSSR count). The van der Waals surface area contributed by atoms with E-state index in [0.717, 1.165) is 29.1 Å². The molecule has 1 saturated heterocycles. The van der Waals surface area contributed by atoms with Gasteiger partial charge >= 0.3 is 0 Å². The summed E-state index contributed by atoms with van der Waals surface area (Å²) in [7, 11) is 0. The van der Waals surface area contributed by atoms with Crippen LogP contribution in [0.15, 0.2) is 12.1 Å². The second-order valence-corrected chi connectivity index (χ2v) is 5.51. The third-order valence-electron chi connectivity index (χ3n) is 3.08. The largest absolute Gasteiger partial charge is 0.395 e. The van der Waals surface area contributed by atoms with Gasteiger partial charge in [-0.05, 0) is 31.9 Å². The monoisotopic (exact) mass is 263 g/mol. The minimum absolute atomic E-state index is 0.0788. The summed E-state index contributed by atoms with van der Waals surface area (Å²) in [6, 6.07) is 4.08. The van der Waals surface area contributed by atoms with Crippen LogP contribution in [0, 0.1) is 11.8 Å². The molecule has 1 aromatic heterocycles. The van der Waals surface area contributed by atoms with Crippen molar-refractivity contribution in [2.24, 2.45) is 0 Å². The maximum Gasteiger partial charge on any atom is 0.264 e. The van der Waals surface area contributed by atoms with Crippen molar-refractivity contribution in [2.45, 2.75) is 32.2 Å². The first-order chi connectivity index (χ1) is 8.72. The second kappa shape index (κ2) is 6.03. The first-order valence-corrected chi connectivity index (χ1v) is 7.04. The van der Waals surface area contributed by atoms with Crippen LogP contribution in [-0.4, -0.2) is 35.1 Å². The van der Waals surface area contributed by atoms with Gasteiger partial charge in [-0.1, -0.05) is 11.8 Å². The average molecular weight is 263 g/mol. The van der Waals surface area contributed by atoms with Crippen LogP contribution in [0.2, 0.25) is 0 Å². The van der Waals surface area contributed by atoms with Gasteiger partial charge in [0, 0.05) is 19.0 Å². The van der Waals surface area contributed by atoms with Gasteiger partial charge in [0.05, 0.1) is 16.4 Å². The molecule has 0 saturated carbocycles. The van der Waals surface area contributed by atoms with Gasteiger partial charge in [-0.3, -0.25) is 4.79 Å². The van der Waals surface area contributed by atoms with Crippen molar-refractivity contribution in [2.75, 3.05) is 13.2 Å². The highest BCUT2D eigenvalue weighted by atomic mass is 32.1. The van der Waals surface area contributed by atoms with E-state index < -0.39 is 0 Å². The van der Waals surface area contributed by atoms with Gasteiger partial charge in [0.1, 0.15) is 0 Å². The van der Waals surface area contributed by atoms with E-state index in [1.54, 1.807) is 0 Å². The molecule has 18 heavy (non-hydrogen) atoms. The van der Waals surface area contributed by atoms with E-state index in [1.165, 1.54) is 11.3 Å². The highest BCUT2D eigenvalue weighted by Gasteiger charge is 2.26. The fourth-order valence-corrected chi connectivity index (χ4v) is 2.94. The molecule has 1 aliphatic heterocycles. The maximum absolute atomic E-state index is 12.2. The first-order valence-electron chi connectivity index (χ1n) is 6.23. The van der Waals surface area contributed by atoms with Crippen molar-refractivity contribution >= 4 is 17.2 Å². The van der Waals surface area contributed by atoms with Crippen molar-refractivity contribution in [1.29, 1.82) is 0 Å². The van der Waals surface area contributed by atoms with Gasteiger partial charge in [-0.2, -0.15) is 0 Å². The van der Waals surface area contributed by atoms with Gasteiger partial charge in [0.15, 0.2) is 0 Å². The van der Waals surface area contributed by atoms with Crippen molar-refractivity contribution in [3.8, 4) is 11.8 Å². The number of hydrogen-bond donors (Lipinski definition) is 1. The number of nitrogens with zero attached hydrogens (tertiary/aromatic N) is 1. The molecular formula is C14H17NO2S. The molecule has 0 aliphatic carbocycles. The molecule has 1 aliphatic rings. The molecule has 0 spiro atoms. The van der Waals surface area contributed by atoms with Crippen LogP contribution in [-0.2, 0) is 0 Å². The van der Waals surface area contributed by atoms with Crippen molar-refractivity contribution in [1.82, 2.24) is 4.90 Å². The Morgan fingerprint density at radius 2 is 2.44 bits per heavy atom. The molecule has 1 N–H and O–H groups in total. The summed E-state index contributed by atoms with van der Waals surface area (Å²) in [5.41, 5.74) is 0. The fraction of sp³-hybridized carbons (Fsp3) is 0.500. The van der Waals surface area contributed by atoms with E-state index in [9.17, 15) is 4.79 Å². The molecule has 0 aromatic carbocycles. The molecule has 3 nitrogen and oxygen atoms in total. The molecule has 1 aromatic rings. The Hall–Kier alpha value is -1.31. The lowest BCUT2D eigenvalue weighted by Crippen LogP contribution is -2.32. The van der Waals surface area contributed by atoms with Crippen molar-refractivity contribution in [3.63, 3.8) is 0 Å². The molecule has 1 fully saturated rings. The molecule has 1 unspecified atom stereocenters. The Morgan fingerprint density at radius 3 is 3.11 bits per heavy atom. The topological polar surface area (TPSA) is 40.5 Å². The van der Waals surface area contributed by atoms with Crippen LogP contribution < -0.4 is 0 Å². The van der Waals surface area contributed by atoms with E-state index in [4.69, 9.17) is 5.11 Å². The molecule has 2 heterocycles. The number of carbonyl (C=O) groups excluding carboxylic acids is 1. The van der Waals surface area contributed by atoms with E-state index in [0.29, 0.717) is 12.5 Å². The van der Waals surface area contributed by atoms with Gasteiger partial charge in [-0.25, -0.2) is 0 Å². The maximum atomic E-state index is 12.2. The summed E-state index contributed by atoms with van der Waals surface area (Å²) >= 11 is 1.43. The number of thiophene rings is 1. The Bertz CT molecular complexity index is 483. The minimum atomic E-state index is 0.0788. The third-order valence-corrected chi connectivity index (χ3v) is 4.07. The van der Waals surface area contributed by atoms with Crippen LogP contribution in [0.1, 0.15) is 40.7 Å². The Labute approximate surface area is 111 Å². The quantitative estimate of drug-likeness (QED) is 0.830. The van der Waals surface area contributed by atoms with Crippen LogP contribution in [0.4, 0.5) is 0 Å². The summed E-state index contributed by atoms with van der Waals surface area (Å²) < 4.78 is 0. The van der Waals surface area contributed by atoms with Gasteiger partial charge in [-0.15, -0.1) is 11.3 Å². The zero-order valence-electron chi connectivity index (χ0n) is 10.5. The Kier molecular flexibility index (Phi) is 4.40. The van der Waals surface area contributed by atoms with E-state index in [1.807, 2.05) is 17.0 Å². The summed E-state index contributed by atoms with van der Waals surface area (Å²) in [6.45, 7) is 3.04. The standard InChI is InChI=1S/C14H17NO2S/c1-11-5-4-9-15(11)14(17)13-8-7-12(18-13)6-2-3-10-16/h7-8,11,16H,3-5,9-10H2,1H3. The Balaban J connectivity index is 2.06. The number of likely N-dealkylation sites (tertiary alicyclic amines) is 1. The van der Waals surface area contributed by atoms with E-state index >= 15 is 0 Å². The van der Waals surface area contributed by atoms with Crippen molar-refractivity contribution < 1.29 is 9.90 Å². The van der Waals surface area contributed by atoms with Crippen molar-refractivity contribution in [3.05, 3.63) is 21.9 Å². The third kappa shape index (κ3) is 2.92. The number of aliphatic hydroxyl groups excluding tert-OH is 1. The van der Waals surface area contributed by atoms with Gasteiger partial charge in [0.25, 0.3) is 5.91 Å². The first kappa shape index (κ1) is 13.1. The smallest absolute Gasteiger partial charge is 0.264 e. The molecule has 0 radical (unpaired) electrons. The highest BCUT2D eigenvalue weighted by Crippen LogP contribution is 2.23. The molecular weight excluding hydrogens is 246 g/mol. The van der Waals surface area contributed by atoms with E-state index in [2.05, 4.69) is 18.8 Å². The summed E-state index contributed by atoms with van der Waals surface area (Å²) in [5, 5.41) is 8.65. The predicted octanol–water partition coefficient (Wildman–Crippen LogP) is 2.11. The SMILES string of the molecule is CC1CCCN1C(=O)c1ccc(C#CCCO)s1. The lowest BCUT2D eigenvalue weighted by Gasteiger charge is -2.20. The summed E-state index contributed by atoms with van der Waals surface area (Å²) in [4.78, 5) is 15.8. The summed E-state index contributed by atoms with van der Waals surface area (Å²) in [5.74, 6) is 5.95. The van der Waals surface area contributed by atoms with E-state index in [-0.39, 0.29) is 12.5 Å². The lowest BCUT2D eigenvalue weighted by molar-refractivity contribution is 0.0752. The van der Waals surface area contributed by atoms with Crippen LogP contribution in [0.3, 0.4) is 0 Å². The molecule has 1 amide bonds. The normalized spacial score (nSPS) is 18.6. The number of hydrogen-bond acceptors (Lipinski definition) is 3. The number of rotatable bonds is 2. The van der Waals surface area contributed by atoms with Crippen LogP contribution in [0.25, 0.3) is 0 Å². The zero-order valence-corrected chi connectivity index (χ0v) is 11.3. The summed E-state index contributed by atoms with van der Waals surface area (Å²) in [6.07, 6.45) is 2.67. The molecule has 4 heteroatoms. The molecule has 96 valence electrons. The van der Waals surface area contributed by atoms with Crippen LogP contribution in [0.5, 0.6) is 0 Å². The lowest BCUT2D eigenvalue weighted by atomic mass is 10.2. The molecule has 0 bridgehead atoms. The second-order valence-electron chi connectivity index (χ2n) is 4.43. The molecule has 1 atom stereocenters. The van der Waals surface area contributed by atoms with Gasteiger partial charge < -0.3 is 10.0 Å². The number of carbonyl (C=O) groups is 1. The number of aliphatic hydroxyl groups is 1. The highest BCUT2D eigenvalue weighted by molar-refractivity contribution is 7.14. The predicted molar refractivity (Wildman–Crippen MR) is 72.6 cm³/mol. The minimum Gasteiger partial charge on any atom is -0.395 e. The fourth-order valence-electron chi connectivity index (χ4n) is 2.10. The number of amides is 1. The van der Waals surface area contributed by atoms with Crippen LogP contribution >= 0.6 is 11.3 Å². The zero-order chi connectivity index (χ0) is 13.0. The average Bonchev–Trinajstić information content (AvgIpc) is 2.98. The van der Waals surface area contributed by atoms with Gasteiger partial charge in [0.2, 0.25) is 0 Å². The Morgan fingerprint density at radius 1 is 1.61 bits per heavy atom.